The summed E-state index contributed by atoms with van der Waals surface area (Å²) in [5, 5.41) is 0. The van der Waals surface area contributed by atoms with Gasteiger partial charge in [-0.15, -0.1) is 0 Å². The molecular weight excluding hydrogens is 202 g/mol. The highest BCUT2D eigenvalue weighted by Gasteiger charge is 2.14. The van der Waals surface area contributed by atoms with Gasteiger partial charge in [0.25, 0.3) is 0 Å². The first-order valence-corrected chi connectivity index (χ1v) is 6.87. The van der Waals surface area contributed by atoms with E-state index in [2.05, 4.69) is 4.90 Å². The molecule has 1 saturated heterocycles. The second kappa shape index (κ2) is 7.25. The molecule has 0 spiro atoms. The number of morpholine rings is 1. The normalized spacial score (nSPS) is 24.8. The van der Waals surface area contributed by atoms with E-state index in [1.54, 1.807) is 0 Å². The van der Waals surface area contributed by atoms with Crippen LogP contribution >= 0.6 is 0 Å². The molecule has 0 aromatic rings. The quantitative estimate of drug-likeness (QED) is 0.671. The van der Waals surface area contributed by atoms with Gasteiger partial charge in [0, 0.05) is 26.2 Å². The molecule has 0 bridgehead atoms. The minimum absolute atomic E-state index is 0.568. The summed E-state index contributed by atoms with van der Waals surface area (Å²) < 4.78 is 11.2. The molecule has 0 radical (unpaired) electrons. The second-order valence-corrected chi connectivity index (χ2v) is 4.94. The smallest absolute Gasteiger partial charge is 0.0594 e. The number of nitrogens with zero attached hydrogens (tertiary/aromatic N) is 1. The average molecular weight is 227 g/mol. The Labute approximate surface area is 99.1 Å². The van der Waals surface area contributed by atoms with Gasteiger partial charge in [0.2, 0.25) is 0 Å². The van der Waals surface area contributed by atoms with E-state index in [-0.39, 0.29) is 0 Å². The lowest BCUT2D eigenvalue weighted by Crippen LogP contribution is -2.37. The largest absolute Gasteiger partial charge is 0.379 e. The van der Waals surface area contributed by atoms with Crippen LogP contribution in [0.15, 0.2) is 0 Å². The van der Waals surface area contributed by atoms with Gasteiger partial charge in [0.1, 0.15) is 0 Å². The molecular formula is C13H25NO2. The van der Waals surface area contributed by atoms with Crippen molar-refractivity contribution in [1.82, 2.24) is 4.90 Å². The van der Waals surface area contributed by atoms with Crippen LogP contribution in [-0.2, 0) is 9.47 Å². The Morgan fingerprint density at radius 2 is 1.81 bits per heavy atom. The predicted octanol–water partition coefficient (Wildman–Crippen LogP) is 2.06. The zero-order valence-corrected chi connectivity index (χ0v) is 10.3. The molecule has 1 aliphatic heterocycles. The summed E-state index contributed by atoms with van der Waals surface area (Å²) in [4.78, 5) is 2.48. The molecule has 0 aromatic heterocycles. The molecule has 0 atom stereocenters. The third kappa shape index (κ3) is 4.40. The van der Waals surface area contributed by atoms with Gasteiger partial charge in [-0.05, 0) is 19.3 Å². The molecule has 3 heteroatoms. The summed E-state index contributed by atoms with van der Waals surface area (Å²) in [6.45, 7) is 6.14. The number of ether oxygens (including phenoxy) is 2. The fraction of sp³-hybridized carbons (Fsp3) is 1.00. The molecule has 1 aliphatic carbocycles. The topological polar surface area (TPSA) is 21.7 Å². The Morgan fingerprint density at radius 1 is 1.06 bits per heavy atom. The summed E-state index contributed by atoms with van der Waals surface area (Å²) in [6, 6.07) is 0. The van der Waals surface area contributed by atoms with Crippen molar-refractivity contribution in [3.63, 3.8) is 0 Å². The first kappa shape index (κ1) is 12.3. The molecule has 16 heavy (non-hydrogen) atoms. The second-order valence-electron chi connectivity index (χ2n) is 4.94. The van der Waals surface area contributed by atoms with Gasteiger partial charge in [-0.2, -0.15) is 0 Å². The average Bonchev–Trinajstić information content (AvgIpc) is 2.37. The van der Waals surface area contributed by atoms with Crippen molar-refractivity contribution in [1.29, 1.82) is 0 Å². The Balaban J connectivity index is 1.47. The van der Waals surface area contributed by atoms with Gasteiger partial charge >= 0.3 is 0 Å². The lowest BCUT2D eigenvalue weighted by molar-refractivity contribution is 0.0101. The highest BCUT2D eigenvalue weighted by atomic mass is 16.5. The van der Waals surface area contributed by atoms with E-state index in [1.807, 2.05) is 0 Å². The summed E-state index contributed by atoms with van der Waals surface area (Å²) >= 11 is 0. The third-order valence-corrected chi connectivity index (χ3v) is 3.63. The molecule has 0 unspecified atom stereocenters. The monoisotopic (exact) mass is 227 g/mol. The van der Waals surface area contributed by atoms with Crippen LogP contribution in [0.1, 0.15) is 38.5 Å². The summed E-state index contributed by atoms with van der Waals surface area (Å²) in [5.74, 6) is 0. The van der Waals surface area contributed by atoms with E-state index in [4.69, 9.17) is 9.47 Å². The predicted molar refractivity (Wildman–Crippen MR) is 64.7 cm³/mol. The Kier molecular flexibility index (Phi) is 5.59. The summed E-state index contributed by atoms with van der Waals surface area (Å²) in [5.41, 5.74) is 0. The fourth-order valence-corrected chi connectivity index (χ4v) is 2.59. The zero-order chi connectivity index (χ0) is 11.1. The van der Waals surface area contributed by atoms with Crippen LogP contribution in [0, 0.1) is 0 Å². The Hall–Kier alpha value is -0.120. The van der Waals surface area contributed by atoms with Crippen molar-refractivity contribution in [3.8, 4) is 0 Å². The summed E-state index contributed by atoms with van der Waals surface area (Å²) in [6.07, 6.45) is 8.47. The number of hydrogen-bond acceptors (Lipinski definition) is 3. The van der Waals surface area contributed by atoms with Crippen LogP contribution < -0.4 is 0 Å². The maximum atomic E-state index is 5.92. The van der Waals surface area contributed by atoms with Crippen molar-refractivity contribution in [2.45, 2.75) is 44.6 Å². The Bertz CT molecular complexity index is 155. The molecule has 1 saturated carbocycles. The standard InChI is InChI=1S/C13H25NO2/c1-2-5-13(6-3-1)16-10-4-7-14-8-11-15-12-9-14/h13H,1-12H2. The van der Waals surface area contributed by atoms with Crippen molar-refractivity contribution in [3.05, 3.63) is 0 Å². The van der Waals surface area contributed by atoms with Crippen LogP contribution in [0.4, 0.5) is 0 Å². The van der Waals surface area contributed by atoms with Crippen LogP contribution in [0.2, 0.25) is 0 Å². The lowest BCUT2D eigenvalue weighted by Gasteiger charge is -2.27. The van der Waals surface area contributed by atoms with Gasteiger partial charge in [-0.25, -0.2) is 0 Å². The maximum absolute atomic E-state index is 5.92. The van der Waals surface area contributed by atoms with Crippen LogP contribution in [-0.4, -0.2) is 50.5 Å². The van der Waals surface area contributed by atoms with Crippen molar-refractivity contribution in [2.75, 3.05) is 39.5 Å². The molecule has 94 valence electrons. The minimum atomic E-state index is 0.568. The van der Waals surface area contributed by atoms with Crippen molar-refractivity contribution < 1.29 is 9.47 Å². The van der Waals surface area contributed by atoms with E-state index < -0.39 is 0 Å². The highest BCUT2D eigenvalue weighted by Crippen LogP contribution is 2.20. The zero-order valence-electron chi connectivity index (χ0n) is 10.3. The first-order chi connectivity index (χ1) is 7.95. The lowest BCUT2D eigenvalue weighted by atomic mass is 9.98. The molecule has 2 aliphatic rings. The van der Waals surface area contributed by atoms with Gasteiger partial charge in [0.05, 0.1) is 19.3 Å². The highest BCUT2D eigenvalue weighted by molar-refractivity contribution is 4.66. The van der Waals surface area contributed by atoms with Gasteiger partial charge in [-0.3, -0.25) is 4.90 Å². The van der Waals surface area contributed by atoms with Crippen molar-refractivity contribution in [2.24, 2.45) is 0 Å². The molecule has 0 aromatic carbocycles. The number of hydrogen-bond donors (Lipinski definition) is 0. The van der Waals surface area contributed by atoms with Gasteiger partial charge < -0.3 is 9.47 Å². The summed E-state index contributed by atoms with van der Waals surface area (Å²) in [7, 11) is 0. The van der Waals surface area contributed by atoms with Crippen LogP contribution in [0.25, 0.3) is 0 Å². The van der Waals surface area contributed by atoms with E-state index in [1.165, 1.54) is 45.1 Å². The van der Waals surface area contributed by atoms with Gasteiger partial charge in [-0.1, -0.05) is 19.3 Å². The molecule has 3 nitrogen and oxygen atoms in total. The minimum Gasteiger partial charge on any atom is -0.379 e. The molecule has 0 amide bonds. The maximum Gasteiger partial charge on any atom is 0.0594 e. The van der Waals surface area contributed by atoms with Crippen molar-refractivity contribution >= 4 is 0 Å². The van der Waals surface area contributed by atoms with E-state index >= 15 is 0 Å². The SMILES string of the molecule is C1CCC(OCCCN2CCOCC2)CC1. The molecule has 2 rings (SSSR count). The molecule has 2 fully saturated rings. The molecule has 1 heterocycles. The first-order valence-electron chi connectivity index (χ1n) is 6.87. The third-order valence-electron chi connectivity index (χ3n) is 3.63. The van der Waals surface area contributed by atoms with E-state index in [0.717, 1.165) is 32.9 Å². The van der Waals surface area contributed by atoms with E-state index in [9.17, 15) is 0 Å². The van der Waals surface area contributed by atoms with Crippen LogP contribution in [0.5, 0.6) is 0 Å². The van der Waals surface area contributed by atoms with Crippen LogP contribution in [0.3, 0.4) is 0 Å². The van der Waals surface area contributed by atoms with E-state index in [0.29, 0.717) is 6.10 Å². The fourth-order valence-electron chi connectivity index (χ4n) is 2.59. The Morgan fingerprint density at radius 3 is 2.56 bits per heavy atom. The number of rotatable bonds is 5. The van der Waals surface area contributed by atoms with Gasteiger partial charge in [0.15, 0.2) is 0 Å². The molecule has 0 N–H and O–H groups in total.